The van der Waals surface area contributed by atoms with Crippen molar-refractivity contribution in [1.82, 2.24) is 14.9 Å². The van der Waals surface area contributed by atoms with Crippen LogP contribution in [0.4, 0.5) is 0 Å². The summed E-state index contributed by atoms with van der Waals surface area (Å²) in [7, 11) is -3.57. The number of hydrogen-bond donors (Lipinski definition) is 3. The van der Waals surface area contributed by atoms with E-state index < -0.39 is 10.0 Å². The predicted octanol–water partition coefficient (Wildman–Crippen LogP) is -0.934. The normalized spacial score (nSPS) is 17.7. The van der Waals surface area contributed by atoms with Crippen LogP contribution in [-0.4, -0.2) is 76.3 Å². The van der Waals surface area contributed by atoms with E-state index in [-0.39, 0.29) is 55.1 Å². The van der Waals surface area contributed by atoms with Crippen LogP contribution in [0.25, 0.3) is 0 Å². The van der Waals surface area contributed by atoms with Gasteiger partial charge in [-0.05, 0) is 26.7 Å². The summed E-state index contributed by atoms with van der Waals surface area (Å²) in [5.74, 6) is -0.915. The molecule has 1 saturated heterocycles. The van der Waals surface area contributed by atoms with Crippen molar-refractivity contribution in [2.45, 2.75) is 32.8 Å². The number of nitrogens with zero attached hydrogens (tertiary/aromatic N) is 1. The van der Waals surface area contributed by atoms with Crippen molar-refractivity contribution in [3.8, 4) is 0 Å². The van der Waals surface area contributed by atoms with Crippen LogP contribution in [0.2, 0.25) is 0 Å². The number of likely N-dealkylation sites (tertiary alicyclic amines) is 1. The summed E-state index contributed by atoms with van der Waals surface area (Å²) in [4.78, 5) is 25.7. The summed E-state index contributed by atoms with van der Waals surface area (Å²) in [5, 5.41) is 2.72. The third kappa shape index (κ3) is 9.67. The third-order valence-electron chi connectivity index (χ3n) is 3.84. The van der Waals surface area contributed by atoms with Crippen LogP contribution in [0.15, 0.2) is 0 Å². The predicted molar refractivity (Wildman–Crippen MR) is 101 cm³/mol. The van der Waals surface area contributed by atoms with Crippen molar-refractivity contribution in [2.24, 2.45) is 11.7 Å². The van der Waals surface area contributed by atoms with Gasteiger partial charge in [-0.25, -0.2) is 13.1 Å². The molecule has 9 nitrogen and oxygen atoms in total. The van der Waals surface area contributed by atoms with Crippen LogP contribution in [0, 0.1) is 5.92 Å². The van der Waals surface area contributed by atoms with E-state index >= 15 is 0 Å². The second kappa shape index (κ2) is 12.4. The van der Waals surface area contributed by atoms with E-state index in [4.69, 9.17) is 10.5 Å². The number of amides is 2. The first-order chi connectivity index (χ1) is 11.7. The zero-order valence-corrected chi connectivity index (χ0v) is 17.0. The lowest BCUT2D eigenvalue weighted by Gasteiger charge is -2.32. The molecular formula is C15H31ClN4O5S. The zero-order chi connectivity index (χ0) is 18.9. The molecule has 2 amide bonds. The van der Waals surface area contributed by atoms with Gasteiger partial charge in [0.2, 0.25) is 21.8 Å². The molecule has 26 heavy (non-hydrogen) atoms. The first kappa shape index (κ1) is 25.1. The molecule has 154 valence electrons. The Kier molecular flexibility index (Phi) is 12.0. The number of nitrogens with two attached hydrogens (primary N) is 1. The number of sulfonamides is 1. The zero-order valence-electron chi connectivity index (χ0n) is 15.4. The molecule has 0 aliphatic carbocycles. The maximum atomic E-state index is 12.2. The molecule has 4 N–H and O–H groups in total. The number of halogens is 1. The molecule has 0 spiro atoms. The Balaban J connectivity index is 0.00000625. The highest BCUT2D eigenvalue weighted by Crippen LogP contribution is 2.16. The maximum Gasteiger partial charge on any atom is 0.237 e. The summed E-state index contributed by atoms with van der Waals surface area (Å²) in [5.41, 5.74) is 5.36. The van der Waals surface area contributed by atoms with Crippen LogP contribution in [0.5, 0.6) is 0 Å². The smallest absolute Gasteiger partial charge is 0.237 e. The fourth-order valence-corrected chi connectivity index (χ4v) is 3.31. The molecular weight excluding hydrogens is 384 g/mol. The Hall–Kier alpha value is -0.940. The number of ether oxygens (including phenoxy) is 1. The number of carbonyl (C=O) groups excluding carboxylic acids is 2. The van der Waals surface area contributed by atoms with Gasteiger partial charge in [-0.15, -0.1) is 12.4 Å². The van der Waals surface area contributed by atoms with E-state index in [9.17, 15) is 18.0 Å². The highest BCUT2D eigenvalue weighted by molar-refractivity contribution is 7.89. The van der Waals surface area contributed by atoms with E-state index in [0.717, 1.165) is 0 Å². The molecule has 1 fully saturated rings. The van der Waals surface area contributed by atoms with Gasteiger partial charge in [0.15, 0.2) is 0 Å². The van der Waals surface area contributed by atoms with E-state index in [1.165, 1.54) is 4.90 Å². The number of piperidine rings is 1. The molecule has 11 heteroatoms. The van der Waals surface area contributed by atoms with E-state index in [0.29, 0.717) is 39.0 Å². The quantitative estimate of drug-likeness (QED) is 0.423. The number of rotatable bonds is 10. The Morgan fingerprint density at radius 2 is 2.04 bits per heavy atom. The second-order valence-electron chi connectivity index (χ2n) is 6.32. The number of nitrogens with one attached hydrogen (secondary N) is 2. The minimum Gasteiger partial charge on any atom is -0.378 e. The first-order valence-electron chi connectivity index (χ1n) is 8.59. The molecule has 1 atom stereocenters. The Morgan fingerprint density at radius 1 is 1.35 bits per heavy atom. The molecule has 1 heterocycles. The van der Waals surface area contributed by atoms with Crippen molar-refractivity contribution < 1.29 is 22.7 Å². The lowest BCUT2D eigenvalue weighted by molar-refractivity contribution is -0.134. The van der Waals surface area contributed by atoms with Crippen molar-refractivity contribution in [3.63, 3.8) is 0 Å². The molecule has 0 bridgehead atoms. The van der Waals surface area contributed by atoms with Crippen LogP contribution >= 0.6 is 12.4 Å². The largest absolute Gasteiger partial charge is 0.378 e. The van der Waals surface area contributed by atoms with E-state index in [1.807, 2.05) is 13.8 Å². The molecule has 1 rings (SSSR count). The van der Waals surface area contributed by atoms with Crippen LogP contribution in [0.1, 0.15) is 26.7 Å². The third-order valence-corrected chi connectivity index (χ3v) is 5.12. The number of carbonyl (C=O) groups is 2. The summed E-state index contributed by atoms with van der Waals surface area (Å²) < 4.78 is 31.2. The molecule has 0 aromatic rings. The van der Waals surface area contributed by atoms with Gasteiger partial charge in [-0.3, -0.25) is 9.59 Å². The summed E-state index contributed by atoms with van der Waals surface area (Å²) >= 11 is 0. The fourth-order valence-electron chi connectivity index (χ4n) is 2.51. The molecule has 1 unspecified atom stereocenters. The van der Waals surface area contributed by atoms with Gasteiger partial charge in [-0.2, -0.15) is 0 Å². The van der Waals surface area contributed by atoms with Gasteiger partial charge in [0.1, 0.15) is 0 Å². The summed E-state index contributed by atoms with van der Waals surface area (Å²) in [6.07, 6.45) is 1.37. The highest BCUT2D eigenvalue weighted by atomic mass is 35.5. The van der Waals surface area contributed by atoms with Crippen molar-refractivity contribution >= 4 is 34.2 Å². The molecule has 1 aliphatic heterocycles. The highest BCUT2D eigenvalue weighted by Gasteiger charge is 2.28. The maximum absolute atomic E-state index is 12.2. The Morgan fingerprint density at radius 3 is 2.65 bits per heavy atom. The average Bonchev–Trinajstić information content (AvgIpc) is 2.57. The lowest BCUT2D eigenvalue weighted by atomic mass is 9.97. The summed E-state index contributed by atoms with van der Waals surface area (Å²) in [6.45, 7) is 5.01. The Labute approximate surface area is 161 Å². The van der Waals surface area contributed by atoms with Gasteiger partial charge in [-0.1, -0.05) is 0 Å². The van der Waals surface area contributed by atoms with Gasteiger partial charge in [0, 0.05) is 26.2 Å². The topological polar surface area (TPSA) is 131 Å². The average molecular weight is 415 g/mol. The van der Waals surface area contributed by atoms with Gasteiger partial charge < -0.3 is 20.7 Å². The molecule has 0 aromatic heterocycles. The fraction of sp³-hybridized carbons (Fsp3) is 0.867. The van der Waals surface area contributed by atoms with E-state index in [1.54, 1.807) is 0 Å². The van der Waals surface area contributed by atoms with Crippen molar-refractivity contribution in [2.75, 3.05) is 45.1 Å². The molecule has 0 radical (unpaired) electrons. The lowest BCUT2D eigenvalue weighted by Crippen LogP contribution is -2.49. The van der Waals surface area contributed by atoms with Gasteiger partial charge >= 0.3 is 0 Å². The molecule has 0 saturated carbocycles. The minimum atomic E-state index is -3.57. The van der Waals surface area contributed by atoms with Gasteiger partial charge in [0.25, 0.3) is 0 Å². The first-order valence-corrected chi connectivity index (χ1v) is 10.2. The van der Waals surface area contributed by atoms with Crippen LogP contribution in [-0.2, 0) is 24.3 Å². The molecule has 1 aliphatic rings. The van der Waals surface area contributed by atoms with Crippen molar-refractivity contribution in [3.05, 3.63) is 0 Å². The van der Waals surface area contributed by atoms with Crippen molar-refractivity contribution in [1.29, 1.82) is 0 Å². The second-order valence-corrected chi connectivity index (χ2v) is 8.24. The standard InChI is InChI=1S/C15H30N4O5S.ClH/c1-12(2)24-8-9-25(22,23)18-10-14(20)19-7-3-4-13(11-19)15(21)17-6-5-16;/h12-13,18H,3-11,16H2,1-2H3,(H,17,21);1H. The van der Waals surface area contributed by atoms with E-state index in [2.05, 4.69) is 10.0 Å². The minimum absolute atomic E-state index is 0. The van der Waals surface area contributed by atoms with Crippen LogP contribution in [0.3, 0.4) is 0 Å². The molecule has 0 aromatic carbocycles. The summed E-state index contributed by atoms with van der Waals surface area (Å²) in [6, 6.07) is 0. The SMILES string of the molecule is CC(C)OCCS(=O)(=O)NCC(=O)N1CCCC(C(=O)NCCN)C1.Cl. The Bertz CT molecular complexity index is 544. The number of hydrogen-bond acceptors (Lipinski definition) is 6. The van der Waals surface area contributed by atoms with Crippen LogP contribution < -0.4 is 15.8 Å². The monoisotopic (exact) mass is 414 g/mol. The van der Waals surface area contributed by atoms with Gasteiger partial charge in [0.05, 0.1) is 30.9 Å².